The molecule has 138 valence electrons. The van der Waals surface area contributed by atoms with Gasteiger partial charge in [0.25, 0.3) is 0 Å². The van der Waals surface area contributed by atoms with Gasteiger partial charge in [0.2, 0.25) is 0 Å². The maximum atomic E-state index is 11.2. The quantitative estimate of drug-likeness (QED) is 0.297. The van der Waals surface area contributed by atoms with E-state index in [0.29, 0.717) is 0 Å². The zero-order valence-corrected chi connectivity index (χ0v) is 16.7. The first-order valence-electron chi connectivity index (χ1n) is 9.06. The van der Waals surface area contributed by atoms with Crippen molar-refractivity contribution in [2.24, 2.45) is 5.92 Å². The average Bonchev–Trinajstić information content (AvgIpc) is 2.56. The molecule has 0 saturated heterocycles. The Morgan fingerprint density at radius 3 is 1.96 bits per heavy atom. The van der Waals surface area contributed by atoms with Crippen molar-refractivity contribution in [3.63, 3.8) is 0 Å². The van der Waals surface area contributed by atoms with Gasteiger partial charge in [0.15, 0.2) is 5.92 Å². The molecule has 1 aromatic rings. The van der Waals surface area contributed by atoms with Crippen molar-refractivity contribution in [1.29, 1.82) is 0 Å². The molecule has 1 atom stereocenters. The Hall–Kier alpha value is -1.07. The van der Waals surface area contributed by atoms with Crippen LogP contribution < -0.4 is 0 Å². The Labute approximate surface area is 170 Å². The Bertz CT molecular complexity index is 486. The van der Waals surface area contributed by atoms with E-state index in [2.05, 4.69) is 6.92 Å². The second-order valence-corrected chi connectivity index (χ2v) is 6.48. The minimum absolute atomic E-state index is 0. The number of unbranched alkanes of at least 4 members (excludes halogenated alkanes) is 6. The monoisotopic (exact) mass is 360 g/mol. The average molecular weight is 361 g/mol. The minimum Gasteiger partial charge on any atom is -1.00 e. The molecule has 1 unspecified atom stereocenters. The Morgan fingerprint density at radius 2 is 1.44 bits per heavy atom. The molecule has 0 radical (unpaired) electrons. The fraction of sp³-hybridized carbons (Fsp3) is 0.600. The fourth-order valence-electron chi connectivity index (χ4n) is 3.09. The van der Waals surface area contributed by atoms with E-state index in [0.717, 1.165) is 24.8 Å². The van der Waals surface area contributed by atoms with Crippen molar-refractivity contribution in [2.45, 2.75) is 70.6 Å². The van der Waals surface area contributed by atoms with Gasteiger partial charge in [-0.05, 0) is 24.3 Å². The summed E-state index contributed by atoms with van der Waals surface area (Å²) < 4.78 is 0. The van der Waals surface area contributed by atoms with Crippen molar-refractivity contribution >= 4 is 35.0 Å². The molecule has 2 N–H and O–H groups in total. The maximum absolute atomic E-state index is 11.2. The largest absolute Gasteiger partial charge is 2.00 e. The summed E-state index contributed by atoms with van der Waals surface area (Å²) in [5.74, 6) is -3.84. The summed E-state index contributed by atoms with van der Waals surface area (Å²) in [4.78, 5) is 22.4. The second-order valence-electron chi connectivity index (χ2n) is 6.48. The van der Waals surface area contributed by atoms with E-state index >= 15 is 0 Å². The zero-order chi connectivity index (χ0) is 17.8. The molecule has 4 nitrogen and oxygen atoms in total. The van der Waals surface area contributed by atoms with Gasteiger partial charge in [-0.2, -0.15) is 0 Å². The number of rotatable bonds is 13. The van der Waals surface area contributed by atoms with Crippen LogP contribution in [-0.2, 0) is 9.59 Å². The molecule has 0 aromatic heterocycles. The summed E-state index contributed by atoms with van der Waals surface area (Å²) in [7, 11) is 0. The normalized spacial score (nSPS) is 11.8. The third-order valence-electron chi connectivity index (χ3n) is 4.54. The number of carboxylic acid groups (broad SMARTS) is 2. The third-order valence-corrected chi connectivity index (χ3v) is 4.54. The van der Waals surface area contributed by atoms with Crippen molar-refractivity contribution in [2.75, 3.05) is 0 Å². The van der Waals surface area contributed by atoms with Gasteiger partial charge >= 0.3 is 35.0 Å². The minimum atomic E-state index is -1.33. The van der Waals surface area contributed by atoms with Crippen molar-refractivity contribution in [3.05, 3.63) is 35.9 Å². The van der Waals surface area contributed by atoms with Gasteiger partial charge in [-0.15, -0.1) is 0 Å². The standard InChI is InChI=1S/C20H30O4.Mg.2H/c1-2-3-4-5-6-7-9-14-17(16-12-10-8-11-13-16)15-18(19(21)22)20(23)24;;;/h8,10-13,17-18H,2-7,9,14-15H2,1H3,(H,21,22)(H,23,24);;;/q;+2;2*-1. The number of benzene rings is 1. The fourth-order valence-corrected chi connectivity index (χ4v) is 3.09. The van der Waals surface area contributed by atoms with E-state index in [1.807, 2.05) is 30.3 Å². The van der Waals surface area contributed by atoms with E-state index in [4.69, 9.17) is 10.2 Å². The van der Waals surface area contributed by atoms with Crippen LogP contribution in [0.25, 0.3) is 0 Å². The van der Waals surface area contributed by atoms with Crippen LogP contribution in [-0.4, -0.2) is 45.2 Å². The molecule has 0 bridgehead atoms. The summed E-state index contributed by atoms with van der Waals surface area (Å²) in [6.07, 6.45) is 9.38. The van der Waals surface area contributed by atoms with Crippen LogP contribution in [0.4, 0.5) is 0 Å². The summed E-state index contributed by atoms with van der Waals surface area (Å²) in [6, 6.07) is 9.69. The van der Waals surface area contributed by atoms with E-state index in [1.165, 1.54) is 32.1 Å². The van der Waals surface area contributed by atoms with Gasteiger partial charge in [0.1, 0.15) is 0 Å². The van der Waals surface area contributed by atoms with Crippen LogP contribution in [0.2, 0.25) is 0 Å². The van der Waals surface area contributed by atoms with Gasteiger partial charge in [0, 0.05) is 0 Å². The van der Waals surface area contributed by atoms with E-state index in [-0.39, 0.29) is 38.2 Å². The van der Waals surface area contributed by atoms with Gasteiger partial charge in [0.05, 0.1) is 0 Å². The van der Waals surface area contributed by atoms with Crippen molar-refractivity contribution in [3.8, 4) is 0 Å². The molecule has 25 heavy (non-hydrogen) atoms. The van der Waals surface area contributed by atoms with E-state index in [9.17, 15) is 9.59 Å². The van der Waals surface area contributed by atoms with Gasteiger partial charge in [-0.1, -0.05) is 82.2 Å². The predicted molar refractivity (Wildman–Crippen MR) is 103 cm³/mol. The number of hydrogen-bond donors (Lipinski definition) is 2. The first-order chi connectivity index (χ1) is 11.6. The van der Waals surface area contributed by atoms with Gasteiger partial charge in [-0.25, -0.2) is 0 Å². The van der Waals surface area contributed by atoms with Gasteiger partial charge < -0.3 is 13.1 Å². The molecule has 0 aliphatic heterocycles. The smallest absolute Gasteiger partial charge is 1.00 e. The molecule has 0 heterocycles. The van der Waals surface area contributed by atoms with Crippen LogP contribution in [0, 0.1) is 5.92 Å². The first kappa shape index (κ1) is 23.9. The molecule has 1 aromatic carbocycles. The Kier molecular flexibility index (Phi) is 13.5. The summed E-state index contributed by atoms with van der Waals surface area (Å²) in [5, 5.41) is 18.3. The van der Waals surface area contributed by atoms with Crippen LogP contribution in [0.5, 0.6) is 0 Å². The van der Waals surface area contributed by atoms with Crippen molar-refractivity contribution < 1.29 is 22.7 Å². The molecule has 5 heteroatoms. The first-order valence-corrected chi connectivity index (χ1v) is 9.06. The number of hydrogen-bond acceptors (Lipinski definition) is 2. The Balaban J connectivity index is -0.00000192. The summed E-state index contributed by atoms with van der Waals surface area (Å²) in [6.45, 7) is 2.20. The molecule has 0 saturated carbocycles. The van der Waals surface area contributed by atoms with Crippen LogP contribution in [0.15, 0.2) is 30.3 Å². The molecule has 0 spiro atoms. The van der Waals surface area contributed by atoms with Crippen LogP contribution in [0.3, 0.4) is 0 Å². The van der Waals surface area contributed by atoms with E-state index in [1.54, 1.807) is 0 Å². The SMILES string of the molecule is CCCCCCCCCC(CC(C(=O)O)C(=O)O)c1ccccc1.[H-].[H-].[Mg+2]. The Morgan fingerprint density at radius 1 is 0.920 bits per heavy atom. The topological polar surface area (TPSA) is 74.6 Å². The molecule has 0 fully saturated rings. The third kappa shape index (κ3) is 9.85. The van der Waals surface area contributed by atoms with Crippen LogP contribution >= 0.6 is 0 Å². The van der Waals surface area contributed by atoms with Crippen molar-refractivity contribution in [1.82, 2.24) is 0 Å². The maximum Gasteiger partial charge on any atom is 2.00 e. The number of aliphatic carboxylic acids is 2. The summed E-state index contributed by atoms with van der Waals surface area (Å²) in [5.41, 5.74) is 1.04. The summed E-state index contributed by atoms with van der Waals surface area (Å²) >= 11 is 0. The predicted octanol–water partition coefficient (Wildman–Crippen LogP) is 4.93. The second kappa shape index (κ2) is 14.1. The molecular formula is C20H32MgO4. The number of carboxylic acids is 2. The van der Waals surface area contributed by atoms with Crippen LogP contribution in [0.1, 0.15) is 79.0 Å². The molecule has 0 aliphatic carbocycles. The zero-order valence-electron chi connectivity index (χ0n) is 17.3. The molecule has 1 rings (SSSR count). The van der Waals surface area contributed by atoms with E-state index < -0.39 is 17.9 Å². The molecular weight excluding hydrogens is 329 g/mol. The molecule has 0 amide bonds. The molecule has 0 aliphatic rings. The van der Waals surface area contributed by atoms with Gasteiger partial charge in [-0.3, -0.25) is 9.59 Å². The number of carbonyl (C=O) groups is 2.